The zero-order chi connectivity index (χ0) is 13.8. The number of hydrogen-bond donors (Lipinski definition) is 0. The van der Waals surface area contributed by atoms with Gasteiger partial charge in [-0.05, 0) is 23.6 Å². The summed E-state index contributed by atoms with van der Waals surface area (Å²) in [7, 11) is 1.66. The molecule has 0 spiro atoms. The van der Waals surface area contributed by atoms with Crippen LogP contribution in [-0.2, 0) is 6.54 Å². The first-order chi connectivity index (χ1) is 9.11. The van der Waals surface area contributed by atoms with E-state index < -0.39 is 0 Å². The van der Waals surface area contributed by atoms with Gasteiger partial charge in [0.15, 0.2) is 0 Å². The molecule has 0 unspecified atom stereocenters. The van der Waals surface area contributed by atoms with Crippen LogP contribution in [0.15, 0.2) is 47.4 Å². The van der Waals surface area contributed by atoms with Gasteiger partial charge in [0.05, 0.1) is 13.7 Å². The molecule has 0 aliphatic heterocycles. The third-order valence-electron chi connectivity index (χ3n) is 3.22. The highest BCUT2D eigenvalue weighted by Gasteiger charge is 2.07. The summed E-state index contributed by atoms with van der Waals surface area (Å²) in [5.41, 5.74) is 2.25. The van der Waals surface area contributed by atoms with Crippen molar-refractivity contribution < 1.29 is 4.74 Å². The number of ether oxygens (including phenoxy) is 1. The molecule has 100 valence electrons. The standard InChI is InChI=1S/C16H19NO2/c1-12(2)13-7-8-14(15(10-13)19-3)11-17-9-5-4-6-16(17)18/h4-10,12H,11H2,1-3H3. The number of nitrogens with zero attached hydrogens (tertiary/aromatic N) is 1. The van der Waals surface area contributed by atoms with E-state index in [1.54, 1.807) is 30.0 Å². The van der Waals surface area contributed by atoms with Crippen molar-refractivity contribution in [1.29, 1.82) is 0 Å². The van der Waals surface area contributed by atoms with Crippen molar-refractivity contribution in [3.8, 4) is 5.75 Å². The molecule has 0 radical (unpaired) electrons. The SMILES string of the molecule is COc1cc(C(C)C)ccc1Cn1ccccc1=O. The molecule has 0 fully saturated rings. The maximum atomic E-state index is 11.7. The summed E-state index contributed by atoms with van der Waals surface area (Å²) >= 11 is 0. The first-order valence-corrected chi connectivity index (χ1v) is 6.44. The molecule has 2 rings (SSSR count). The molecule has 3 nitrogen and oxygen atoms in total. The molecule has 1 aromatic heterocycles. The highest BCUT2D eigenvalue weighted by molar-refractivity contribution is 5.39. The van der Waals surface area contributed by atoms with Gasteiger partial charge in [-0.15, -0.1) is 0 Å². The van der Waals surface area contributed by atoms with Crippen molar-refractivity contribution in [3.05, 3.63) is 64.1 Å². The summed E-state index contributed by atoms with van der Waals surface area (Å²) < 4.78 is 7.11. The average molecular weight is 257 g/mol. The third kappa shape index (κ3) is 3.05. The minimum absolute atomic E-state index is 0.00232. The lowest BCUT2D eigenvalue weighted by molar-refractivity contribution is 0.407. The van der Waals surface area contributed by atoms with Gasteiger partial charge in [-0.3, -0.25) is 4.79 Å². The van der Waals surface area contributed by atoms with Gasteiger partial charge in [-0.2, -0.15) is 0 Å². The Kier molecular flexibility index (Phi) is 4.05. The number of hydrogen-bond acceptors (Lipinski definition) is 2. The van der Waals surface area contributed by atoms with Crippen LogP contribution in [0, 0.1) is 0 Å². The lowest BCUT2D eigenvalue weighted by atomic mass is 10.0. The summed E-state index contributed by atoms with van der Waals surface area (Å²) in [4.78, 5) is 11.7. The first-order valence-electron chi connectivity index (χ1n) is 6.44. The summed E-state index contributed by atoms with van der Waals surface area (Å²) in [6.07, 6.45) is 1.79. The van der Waals surface area contributed by atoms with Crippen LogP contribution in [0.1, 0.15) is 30.9 Å². The molecule has 0 aliphatic carbocycles. The molecule has 19 heavy (non-hydrogen) atoms. The summed E-state index contributed by atoms with van der Waals surface area (Å²) in [5.74, 6) is 1.30. The fourth-order valence-electron chi connectivity index (χ4n) is 2.03. The molecular weight excluding hydrogens is 238 g/mol. The van der Waals surface area contributed by atoms with Crippen LogP contribution in [-0.4, -0.2) is 11.7 Å². The smallest absolute Gasteiger partial charge is 0.250 e. The summed E-state index contributed by atoms with van der Waals surface area (Å²) in [6.45, 7) is 4.83. The highest BCUT2D eigenvalue weighted by Crippen LogP contribution is 2.25. The molecule has 0 N–H and O–H groups in total. The fraction of sp³-hybridized carbons (Fsp3) is 0.312. The number of aromatic nitrogens is 1. The van der Waals surface area contributed by atoms with Crippen molar-refractivity contribution in [3.63, 3.8) is 0 Å². The van der Waals surface area contributed by atoms with Crippen LogP contribution >= 0.6 is 0 Å². The van der Waals surface area contributed by atoms with Crippen molar-refractivity contribution in [1.82, 2.24) is 4.57 Å². The second-order valence-corrected chi connectivity index (χ2v) is 4.89. The molecule has 0 atom stereocenters. The van der Waals surface area contributed by atoms with Crippen molar-refractivity contribution >= 4 is 0 Å². The summed E-state index contributed by atoms with van der Waals surface area (Å²) in [5, 5.41) is 0. The van der Waals surface area contributed by atoms with Gasteiger partial charge in [-0.1, -0.05) is 32.0 Å². The molecule has 0 saturated carbocycles. The van der Waals surface area contributed by atoms with Crippen LogP contribution in [0.25, 0.3) is 0 Å². The molecule has 1 heterocycles. The third-order valence-corrected chi connectivity index (χ3v) is 3.22. The lowest BCUT2D eigenvalue weighted by Crippen LogP contribution is -2.18. The van der Waals surface area contributed by atoms with E-state index in [4.69, 9.17) is 4.74 Å². The van der Waals surface area contributed by atoms with E-state index in [2.05, 4.69) is 19.9 Å². The molecule has 3 heteroatoms. The van der Waals surface area contributed by atoms with E-state index in [1.165, 1.54) is 5.56 Å². The first kappa shape index (κ1) is 13.4. The normalized spacial score (nSPS) is 10.7. The van der Waals surface area contributed by atoms with Crippen molar-refractivity contribution in [2.75, 3.05) is 7.11 Å². The second-order valence-electron chi connectivity index (χ2n) is 4.89. The Morgan fingerprint density at radius 3 is 2.63 bits per heavy atom. The van der Waals surface area contributed by atoms with Gasteiger partial charge in [0.1, 0.15) is 5.75 Å². The number of benzene rings is 1. The van der Waals surface area contributed by atoms with Crippen LogP contribution in [0.3, 0.4) is 0 Å². The van der Waals surface area contributed by atoms with E-state index in [0.29, 0.717) is 12.5 Å². The predicted octanol–water partition coefficient (Wildman–Crippen LogP) is 3.03. The predicted molar refractivity (Wildman–Crippen MR) is 76.9 cm³/mol. The fourth-order valence-corrected chi connectivity index (χ4v) is 2.03. The molecule has 0 saturated heterocycles. The Hall–Kier alpha value is -2.03. The minimum atomic E-state index is -0.00232. The van der Waals surface area contributed by atoms with Gasteiger partial charge in [0.25, 0.3) is 5.56 Å². The van der Waals surface area contributed by atoms with Crippen LogP contribution in [0.4, 0.5) is 0 Å². The summed E-state index contributed by atoms with van der Waals surface area (Å²) in [6, 6.07) is 11.3. The van der Waals surface area contributed by atoms with E-state index >= 15 is 0 Å². The molecule has 1 aromatic carbocycles. The Balaban J connectivity index is 2.35. The Morgan fingerprint density at radius 1 is 1.21 bits per heavy atom. The zero-order valence-corrected chi connectivity index (χ0v) is 11.6. The van der Waals surface area contributed by atoms with Crippen LogP contribution < -0.4 is 10.3 Å². The van der Waals surface area contributed by atoms with Crippen molar-refractivity contribution in [2.45, 2.75) is 26.3 Å². The second kappa shape index (κ2) is 5.74. The number of methoxy groups -OCH3 is 1. The molecule has 0 bridgehead atoms. The molecule has 2 aromatic rings. The minimum Gasteiger partial charge on any atom is -0.496 e. The van der Waals surface area contributed by atoms with Gasteiger partial charge >= 0.3 is 0 Å². The van der Waals surface area contributed by atoms with Crippen LogP contribution in [0.5, 0.6) is 5.75 Å². The van der Waals surface area contributed by atoms with Gasteiger partial charge < -0.3 is 9.30 Å². The highest BCUT2D eigenvalue weighted by atomic mass is 16.5. The van der Waals surface area contributed by atoms with E-state index in [0.717, 1.165) is 11.3 Å². The van der Waals surface area contributed by atoms with Gasteiger partial charge in [0.2, 0.25) is 0 Å². The largest absolute Gasteiger partial charge is 0.496 e. The maximum Gasteiger partial charge on any atom is 0.250 e. The monoisotopic (exact) mass is 257 g/mol. The lowest BCUT2D eigenvalue weighted by Gasteiger charge is -2.13. The number of rotatable bonds is 4. The van der Waals surface area contributed by atoms with Gasteiger partial charge in [-0.25, -0.2) is 0 Å². The van der Waals surface area contributed by atoms with Crippen LogP contribution in [0.2, 0.25) is 0 Å². The average Bonchev–Trinajstić information content (AvgIpc) is 2.41. The number of pyridine rings is 1. The topological polar surface area (TPSA) is 31.2 Å². The van der Waals surface area contributed by atoms with Crippen molar-refractivity contribution in [2.24, 2.45) is 0 Å². The Morgan fingerprint density at radius 2 is 2.00 bits per heavy atom. The quantitative estimate of drug-likeness (QED) is 0.843. The van der Waals surface area contributed by atoms with E-state index in [1.807, 2.05) is 18.2 Å². The maximum absolute atomic E-state index is 11.7. The van der Waals surface area contributed by atoms with Gasteiger partial charge in [0, 0.05) is 17.8 Å². The zero-order valence-electron chi connectivity index (χ0n) is 11.6. The molecule has 0 aliphatic rings. The molecular formula is C16H19NO2. The Labute approximate surface area is 113 Å². The van der Waals surface area contributed by atoms with E-state index in [-0.39, 0.29) is 5.56 Å². The Bertz CT molecular complexity index is 614. The molecule has 0 amide bonds. The van der Waals surface area contributed by atoms with E-state index in [9.17, 15) is 4.79 Å².